The highest BCUT2D eigenvalue weighted by Crippen LogP contribution is 2.27. The van der Waals surface area contributed by atoms with Crippen LogP contribution in [0.3, 0.4) is 0 Å². The van der Waals surface area contributed by atoms with E-state index in [0.717, 1.165) is 23.3 Å². The summed E-state index contributed by atoms with van der Waals surface area (Å²) in [6.07, 6.45) is 0. The van der Waals surface area contributed by atoms with E-state index < -0.39 is 17.6 Å². The van der Waals surface area contributed by atoms with Crippen LogP contribution in [0.4, 0.5) is 14.8 Å². The van der Waals surface area contributed by atoms with Crippen molar-refractivity contribution in [1.82, 2.24) is 10.2 Å². The van der Waals surface area contributed by atoms with E-state index in [1.807, 2.05) is 60.7 Å². The summed E-state index contributed by atoms with van der Waals surface area (Å²) in [7, 11) is 0. The van der Waals surface area contributed by atoms with Crippen LogP contribution in [0, 0.1) is 11.6 Å². The van der Waals surface area contributed by atoms with Gasteiger partial charge in [-0.2, -0.15) is 0 Å². The summed E-state index contributed by atoms with van der Waals surface area (Å²) in [5, 5.41) is 10.1. The number of anilines is 1. The van der Waals surface area contributed by atoms with Gasteiger partial charge in [-0.05, 0) is 23.3 Å². The lowest BCUT2D eigenvalue weighted by Gasteiger charge is -2.16. The molecule has 0 saturated heterocycles. The standard InChI is InChI=1S/C22H15F2N3O2/c23-16-11-12-17(18(24)13-16)21-26-27-22(29-21)25-20(28)19(14-7-3-1-4-8-14)15-9-5-2-6-10-15/h1-13,19H,(H,25,27,28). The molecule has 0 aliphatic heterocycles. The van der Waals surface area contributed by atoms with Crippen molar-refractivity contribution in [2.75, 3.05) is 5.32 Å². The first-order chi connectivity index (χ1) is 14.1. The summed E-state index contributed by atoms with van der Waals surface area (Å²) >= 11 is 0. The smallest absolute Gasteiger partial charge is 0.322 e. The van der Waals surface area contributed by atoms with E-state index in [1.165, 1.54) is 6.07 Å². The lowest BCUT2D eigenvalue weighted by Crippen LogP contribution is -2.22. The van der Waals surface area contributed by atoms with Crippen LogP contribution in [0.15, 0.2) is 83.3 Å². The van der Waals surface area contributed by atoms with Crippen LogP contribution in [-0.4, -0.2) is 16.1 Å². The van der Waals surface area contributed by atoms with Crippen molar-refractivity contribution in [3.05, 3.63) is 102 Å². The largest absolute Gasteiger partial charge is 0.403 e. The Bertz CT molecular complexity index is 1090. The summed E-state index contributed by atoms with van der Waals surface area (Å²) < 4.78 is 32.4. The molecule has 29 heavy (non-hydrogen) atoms. The van der Waals surface area contributed by atoms with Gasteiger partial charge in [0.25, 0.3) is 5.89 Å². The zero-order valence-electron chi connectivity index (χ0n) is 15.0. The van der Waals surface area contributed by atoms with E-state index in [-0.39, 0.29) is 23.4 Å². The first kappa shape index (κ1) is 18.5. The first-order valence-corrected chi connectivity index (χ1v) is 8.81. The van der Waals surface area contributed by atoms with E-state index in [4.69, 9.17) is 4.42 Å². The molecule has 1 heterocycles. The minimum atomic E-state index is -0.835. The molecule has 7 heteroatoms. The normalized spacial score (nSPS) is 10.9. The maximum Gasteiger partial charge on any atom is 0.322 e. The second-order valence-corrected chi connectivity index (χ2v) is 6.28. The predicted octanol–water partition coefficient (Wildman–Crippen LogP) is 4.79. The van der Waals surface area contributed by atoms with Crippen LogP contribution in [-0.2, 0) is 4.79 Å². The molecule has 0 aliphatic carbocycles. The quantitative estimate of drug-likeness (QED) is 0.531. The van der Waals surface area contributed by atoms with Gasteiger partial charge in [-0.25, -0.2) is 8.78 Å². The van der Waals surface area contributed by atoms with Crippen molar-refractivity contribution in [3.63, 3.8) is 0 Å². The second kappa shape index (κ2) is 8.02. The molecule has 5 nitrogen and oxygen atoms in total. The van der Waals surface area contributed by atoms with Gasteiger partial charge in [-0.15, -0.1) is 5.10 Å². The van der Waals surface area contributed by atoms with Crippen molar-refractivity contribution in [2.45, 2.75) is 5.92 Å². The average molecular weight is 391 g/mol. The van der Waals surface area contributed by atoms with Crippen molar-refractivity contribution in [2.24, 2.45) is 0 Å². The fourth-order valence-electron chi connectivity index (χ4n) is 3.01. The van der Waals surface area contributed by atoms with Crippen molar-refractivity contribution < 1.29 is 18.0 Å². The average Bonchev–Trinajstić information content (AvgIpc) is 3.18. The zero-order chi connectivity index (χ0) is 20.2. The molecule has 3 aromatic carbocycles. The van der Waals surface area contributed by atoms with Crippen LogP contribution in [0.1, 0.15) is 17.0 Å². The first-order valence-electron chi connectivity index (χ1n) is 8.81. The maximum absolute atomic E-state index is 13.9. The number of rotatable bonds is 5. The number of carbonyl (C=O) groups is 1. The monoisotopic (exact) mass is 391 g/mol. The van der Waals surface area contributed by atoms with Crippen molar-refractivity contribution >= 4 is 11.9 Å². The molecule has 4 aromatic rings. The fraction of sp³-hybridized carbons (Fsp3) is 0.0455. The predicted molar refractivity (Wildman–Crippen MR) is 103 cm³/mol. The number of benzene rings is 3. The number of hydrogen-bond donors (Lipinski definition) is 1. The zero-order valence-corrected chi connectivity index (χ0v) is 15.0. The minimum Gasteiger partial charge on any atom is -0.403 e. The molecule has 1 amide bonds. The minimum absolute atomic E-state index is 0.0536. The number of nitrogens with one attached hydrogen (secondary N) is 1. The molecule has 0 fully saturated rings. The Hall–Kier alpha value is -3.87. The summed E-state index contributed by atoms with van der Waals surface area (Å²) in [4.78, 5) is 13.0. The Morgan fingerprint density at radius 2 is 1.48 bits per heavy atom. The van der Waals surface area contributed by atoms with E-state index in [9.17, 15) is 13.6 Å². The Morgan fingerprint density at radius 1 is 0.862 bits per heavy atom. The topological polar surface area (TPSA) is 68.0 Å². The summed E-state index contributed by atoms with van der Waals surface area (Å²) in [5.41, 5.74) is 1.53. The number of nitrogens with zero attached hydrogens (tertiary/aromatic N) is 2. The second-order valence-electron chi connectivity index (χ2n) is 6.28. The lowest BCUT2D eigenvalue weighted by atomic mass is 9.90. The highest BCUT2D eigenvalue weighted by Gasteiger charge is 2.24. The van der Waals surface area contributed by atoms with Gasteiger partial charge in [0, 0.05) is 6.07 Å². The van der Waals surface area contributed by atoms with E-state index in [2.05, 4.69) is 15.5 Å². The van der Waals surface area contributed by atoms with Crippen LogP contribution in [0.2, 0.25) is 0 Å². The van der Waals surface area contributed by atoms with Gasteiger partial charge < -0.3 is 4.42 Å². The SMILES string of the molecule is O=C(Nc1nnc(-c2ccc(F)cc2F)o1)C(c1ccccc1)c1ccccc1. The van der Waals surface area contributed by atoms with Gasteiger partial charge in [0.05, 0.1) is 11.5 Å². The summed E-state index contributed by atoms with van der Waals surface area (Å²) in [6, 6.07) is 21.4. The van der Waals surface area contributed by atoms with Crippen molar-refractivity contribution in [3.8, 4) is 11.5 Å². The molecule has 4 rings (SSSR count). The van der Waals surface area contributed by atoms with E-state index in [1.54, 1.807) is 0 Å². The van der Waals surface area contributed by atoms with Gasteiger partial charge in [-0.3, -0.25) is 10.1 Å². The van der Waals surface area contributed by atoms with Crippen LogP contribution >= 0.6 is 0 Å². The van der Waals surface area contributed by atoms with Gasteiger partial charge in [0.2, 0.25) is 5.91 Å². The molecule has 0 unspecified atom stereocenters. The third kappa shape index (κ3) is 4.03. The molecule has 0 aliphatic rings. The molecule has 0 spiro atoms. The number of aromatic nitrogens is 2. The Morgan fingerprint density at radius 3 is 2.07 bits per heavy atom. The van der Waals surface area contributed by atoms with Gasteiger partial charge in [0.15, 0.2) is 0 Å². The summed E-state index contributed by atoms with van der Waals surface area (Å²) in [6.45, 7) is 0. The maximum atomic E-state index is 13.9. The number of hydrogen-bond acceptors (Lipinski definition) is 4. The highest BCUT2D eigenvalue weighted by atomic mass is 19.1. The van der Waals surface area contributed by atoms with Crippen molar-refractivity contribution in [1.29, 1.82) is 0 Å². The molecule has 0 atom stereocenters. The number of amides is 1. The highest BCUT2D eigenvalue weighted by molar-refractivity contribution is 5.96. The molecule has 0 bridgehead atoms. The summed E-state index contributed by atoms with van der Waals surface area (Å²) in [5.74, 6) is -2.69. The molecule has 1 N–H and O–H groups in total. The Labute approximate surface area is 165 Å². The van der Waals surface area contributed by atoms with E-state index in [0.29, 0.717) is 0 Å². The molecular weight excluding hydrogens is 376 g/mol. The fourth-order valence-corrected chi connectivity index (χ4v) is 3.01. The molecular formula is C22H15F2N3O2. The Balaban J connectivity index is 1.61. The third-order valence-electron chi connectivity index (χ3n) is 4.34. The molecule has 0 radical (unpaired) electrons. The van der Waals surface area contributed by atoms with E-state index >= 15 is 0 Å². The van der Waals surface area contributed by atoms with Gasteiger partial charge >= 0.3 is 6.01 Å². The third-order valence-corrected chi connectivity index (χ3v) is 4.34. The lowest BCUT2D eigenvalue weighted by molar-refractivity contribution is -0.116. The Kier molecular flexibility index (Phi) is 5.11. The molecule has 0 saturated carbocycles. The number of halogens is 2. The van der Waals surface area contributed by atoms with Crippen LogP contribution < -0.4 is 5.32 Å². The van der Waals surface area contributed by atoms with Crippen LogP contribution in [0.5, 0.6) is 0 Å². The molecule has 1 aromatic heterocycles. The van der Waals surface area contributed by atoms with Gasteiger partial charge in [0.1, 0.15) is 11.6 Å². The van der Waals surface area contributed by atoms with Gasteiger partial charge in [-0.1, -0.05) is 65.8 Å². The molecule has 144 valence electrons. The van der Waals surface area contributed by atoms with Crippen LogP contribution in [0.25, 0.3) is 11.5 Å². The number of carbonyl (C=O) groups excluding carboxylic acids is 1.